The zero-order valence-corrected chi connectivity index (χ0v) is 14.7. The van der Waals surface area contributed by atoms with Gasteiger partial charge in [0.1, 0.15) is 0 Å². The largest absolute Gasteiger partial charge is 0.322 e. The van der Waals surface area contributed by atoms with Gasteiger partial charge in [-0.05, 0) is 49.0 Å². The van der Waals surface area contributed by atoms with E-state index in [2.05, 4.69) is 31.7 Å². The van der Waals surface area contributed by atoms with E-state index in [0.29, 0.717) is 5.56 Å². The summed E-state index contributed by atoms with van der Waals surface area (Å²) in [5.74, 6) is -0.181. The lowest BCUT2D eigenvalue weighted by Crippen LogP contribution is -2.12. The molecule has 0 radical (unpaired) electrons. The maximum atomic E-state index is 12.4. The summed E-state index contributed by atoms with van der Waals surface area (Å²) in [6.45, 7) is 0.755. The van der Waals surface area contributed by atoms with Crippen LogP contribution < -0.4 is 10.6 Å². The van der Waals surface area contributed by atoms with Gasteiger partial charge < -0.3 is 10.6 Å². The Morgan fingerprint density at radius 2 is 2.00 bits per heavy atom. The van der Waals surface area contributed by atoms with E-state index in [1.165, 1.54) is 0 Å². The summed E-state index contributed by atoms with van der Waals surface area (Å²) in [4.78, 5) is 12.4. The number of aromatic nitrogens is 2. The smallest absolute Gasteiger partial charge is 0.258 e. The molecule has 5 nitrogen and oxygen atoms in total. The molecule has 0 fully saturated rings. The molecule has 1 heterocycles. The second kappa shape index (κ2) is 7.42. The van der Waals surface area contributed by atoms with Crippen LogP contribution in [0.5, 0.6) is 0 Å². The molecule has 24 heavy (non-hydrogen) atoms. The third kappa shape index (κ3) is 3.90. The molecule has 0 bridgehead atoms. The van der Waals surface area contributed by atoms with Crippen molar-refractivity contribution < 1.29 is 4.79 Å². The highest BCUT2D eigenvalue weighted by atomic mass is 79.9. The van der Waals surface area contributed by atoms with Gasteiger partial charge in [0.05, 0.1) is 17.4 Å². The average molecular weight is 385 g/mol. The van der Waals surface area contributed by atoms with Gasteiger partial charge in [0.25, 0.3) is 5.91 Å². The second-order valence-electron chi connectivity index (χ2n) is 5.33. The van der Waals surface area contributed by atoms with E-state index in [0.717, 1.165) is 28.0 Å². The lowest BCUT2D eigenvalue weighted by molar-refractivity contribution is 0.102. The Balaban J connectivity index is 1.74. The Morgan fingerprint density at radius 3 is 2.75 bits per heavy atom. The van der Waals surface area contributed by atoms with E-state index >= 15 is 0 Å². The third-order valence-corrected chi connectivity index (χ3v) is 4.03. The molecular weight excluding hydrogens is 368 g/mol. The van der Waals surface area contributed by atoms with Crippen molar-refractivity contribution in [3.05, 3.63) is 76.5 Å². The minimum atomic E-state index is -0.181. The van der Waals surface area contributed by atoms with Crippen LogP contribution in [0.4, 0.5) is 5.69 Å². The summed E-state index contributed by atoms with van der Waals surface area (Å²) in [6.07, 6.45) is 3.28. The lowest BCUT2D eigenvalue weighted by Gasteiger charge is -2.06. The van der Waals surface area contributed by atoms with Gasteiger partial charge in [-0.15, -0.1) is 0 Å². The lowest BCUT2D eigenvalue weighted by atomic mass is 10.2. The van der Waals surface area contributed by atoms with Gasteiger partial charge in [0.15, 0.2) is 0 Å². The normalized spacial score (nSPS) is 10.6. The van der Waals surface area contributed by atoms with E-state index in [9.17, 15) is 4.79 Å². The van der Waals surface area contributed by atoms with Crippen molar-refractivity contribution in [3.63, 3.8) is 0 Å². The van der Waals surface area contributed by atoms with E-state index in [-0.39, 0.29) is 5.91 Å². The third-order valence-electron chi connectivity index (χ3n) is 3.50. The van der Waals surface area contributed by atoms with Crippen LogP contribution in [-0.2, 0) is 6.54 Å². The van der Waals surface area contributed by atoms with Crippen molar-refractivity contribution in [2.24, 2.45) is 0 Å². The van der Waals surface area contributed by atoms with Crippen LogP contribution in [0.1, 0.15) is 15.9 Å². The standard InChI is InChI=1S/C18H17BrN4O/c1-20-10-13-3-2-4-16(9-13)22-18(24)14-11-21-23(12-14)17-7-5-15(19)6-8-17/h2-9,11-12,20H,10H2,1H3,(H,22,24). The number of nitrogens with one attached hydrogen (secondary N) is 2. The Morgan fingerprint density at radius 1 is 1.21 bits per heavy atom. The Bertz CT molecular complexity index is 842. The predicted molar refractivity (Wildman–Crippen MR) is 98.4 cm³/mol. The summed E-state index contributed by atoms with van der Waals surface area (Å²) >= 11 is 3.40. The molecule has 2 aromatic carbocycles. The molecule has 1 aromatic heterocycles. The number of carbonyl (C=O) groups excluding carboxylic acids is 1. The van der Waals surface area contributed by atoms with E-state index in [1.54, 1.807) is 17.1 Å². The number of nitrogens with zero attached hydrogens (tertiary/aromatic N) is 2. The Hall–Kier alpha value is -2.44. The van der Waals surface area contributed by atoms with Crippen LogP contribution in [-0.4, -0.2) is 22.7 Å². The summed E-state index contributed by atoms with van der Waals surface area (Å²) in [7, 11) is 1.89. The molecule has 122 valence electrons. The quantitative estimate of drug-likeness (QED) is 0.706. The second-order valence-corrected chi connectivity index (χ2v) is 6.25. The molecule has 3 rings (SSSR count). The van der Waals surface area contributed by atoms with Gasteiger partial charge in [0.2, 0.25) is 0 Å². The van der Waals surface area contributed by atoms with Gasteiger partial charge in [-0.3, -0.25) is 4.79 Å². The Labute approximate surface area is 148 Å². The van der Waals surface area contributed by atoms with Crippen LogP contribution in [0.3, 0.4) is 0 Å². The highest BCUT2D eigenvalue weighted by molar-refractivity contribution is 9.10. The number of hydrogen-bond acceptors (Lipinski definition) is 3. The van der Waals surface area contributed by atoms with Gasteiger partial charge in [-0.2, -0.15) is 5.10 Å². The summed E-state index contributed by atoms with van der Waals surface area (Å²) in [5.41, 5.74) is 3.29. The number of carbonyl (C=O) groups is 1. The number of anilines is 1. The molecule has 0 aliphatic heterocycles. The zero-order chi connectivity index (χ0) is 16.9. The van der Waals surface area contributed by atoms with Crippen LogP contribution in [0.15, 0.2) is 65.4 Å². The summed E-state index contributed by atoms with van der Waals surface area (Å²) in [6, 6.07) is 15.5. The number of hydrogen-bond donors (Lipinski definition) is 2. The first-order valence-electron chi connectivity index (χ1n) is 7.51. The fourth-order valence-corrected chi connectivity index (χ4v) is 2.61. The first-order chi connectivity index (χ1) is 11.7. The van der Waals surface area contributed by atoms with Gasteiger partial charge in [0, 0.05) is 22.9 Å². The Kier molecular flexibility index (Phi) is 5.08. The molecule has 0 spiro atoms. The zero-order valence-electron chi connectivity index (χ0n) is 13.2. The van der Waals surface area contributed by atoms with E-state index in [1.807, 2.05) is 55.6 Å². The molecule has 0 saturated heterocycles. The molecule has 0 aliphatic carbocycles. The first kappa shape index (κ1) is 16.4. The topological polar surface area (TPSA) is 58.9 Å². The van der Waals surface area contributed by atoms with Gasteiger partial charge in [-0.25, -0.2) is 4.68 Å². The van der Waals surface area contributed by atoms with Crippen molar-refractivity contribution in [2.45, 2.75) is 6.54 Å². The minimum absolute atomic E-state index is 0.181. The minimum Gasteiger partial charge on any atom is -0.322 e. The van der Waals surface area contributed by atoms with E-state index < -0.39 is 0 Å². The van der Waals surface area contributed by atoms with Crippen LogP contribution >= 0.6 is 15.9 Å². The summed E-state index contributed by atoms with van der Waals surface area (Å²) < 4.78 is 2.68. The maximum Gasteiger partial charge on any atom is 0.258 e. The van der Waals surface area contributed by atoms with Crippen LogP contribution in [0.2, 0.25) is 0 Å². The first-order valence-corrected chi connectivity index (χ1v) is 8.30. The van der Waals surface area contributed by atoms with E-state index in [4.69, 9.17) is 0 Å². The van der Waals surface area contributed by atoms with Crippen molar-refractivity contribution in [2.75, 3.05) is 12.4 Å². The SMILES string of the molecule is CNCc1cccc(NC(=O)c2cnn(-c3ccc(Br)cc3)c2)c1. The maximum absolute atomic E-state index is 12.4. The molecular formula is C18H17BrN4O. The van der Waals surface area contributed by atoms with Crippen molar-refractivity contribution >= 4 is 27.5 Å². The fraction of sp³-hybridized carbons (Fsp3) is 0.111. The number of benzene rings is 2. The highest BCUT2D eigenvalue weighted by Gasteiger charge is 2.10. The summed E-state index contributed by atoms with van der Waals surface area (Å²) in [5, 5.41) is 10.3. The van der Waals surface area contributed by atoms with Crippen molar-refractivity contribution in [1.29, 1.82) is 0 Å². The molecule has 6 heteroatoms. The molecule has 3 aromatic rings. The van der Waals surface area contributed by atoms with Crippen molar-refractivity contribution in [3.8, 4) is 5.69 Å². The van der Waals surface area contributed by atoms with Crippen LogP contribution in [0, 0.1) is 0 Å². The molecule has 0 atom stereocenters. The molecule has 0 aliphatic rings. The van der Waals surface area contributed by atoms with Crippen molar-refractivity contribution in [1.82, 2.24) is 15.1 Å². The monoisotopic (exact) mass is 384 g/mol. The molecule has 2 N–H and O–H groups in total. The van der Waals surface area contributed by atoms with Gasteiger partial charge in [-0.1, -0.05) is 28.1 Å². The predicted octanol–water partition coefficient (Wildman–Crippen LogP) is 3.61. The highest BCUT2D eigenvalue weighted by Crippen LogP contribution is 2.15. The molecule has 0 unspecified atom stereocenters. The average Bonchev–Trinajstić information content (AvgIpc) is 3.06. The van der Waals surface area contributed by atoms with Crippen LogP contribution in [0.25, 0.3) is 5.69 Å². The fourth-order valence-electron chi connectivity index (χ4n) is 2.34. The number of rotatable bonds is 5. The number of amides is 1. The van der Waals surface area contributed by atoms with Gasteiger partial charge >= 0.3 is 0 Å². The molecule has 0 saturated carbocycles. The molecule has 1 amide bonds. The number of halogens is 1.